The Morgan fingerprint density at radius 3 is 2.88 bits per heavy atom. The molecule has 2 rings (SSSR count). The second kappa shape index (κ2) is 8.73. The highest BCUT2D eigenvalue weighted by Crippen LogP contribution is 2.31. The standard InChI is InChI=1S/C16H16N2O6S2/c1-2-9-25-14-11-15(19)18(16(14)20)12-5-3-6-13(10-12)24-26(21,22)23-8-4-7-17/h3-6,8,10,14H,2,9,11H2,1H3/b8-4+. The van der Waals surface area contributed by atoms with Crippen LogP contribution in [0.1, 0.15) is 19.8 Å². The van der Waals surface area contributed by atoms with Gasteiger partial charge in [-0.2, -0.15) is 5.26 Å². The number of imide groups is 1. The highest BCUT2D eigenvalue weighted by Gasteiger charge is 2.39. The summed E-state index contributed by atoms with van der Waals surface area (Å²) in [5, 5.41) is 7.88. The Morgan fingerprint density at radius 1 is 1.42 bits per heavy atom. The third kappa shape index (κ3) is 5.00. The number of nitrogens with zero attached hydrogens (tertiary/aromatic N) is 2. The molecule has 1 aromatic carbocycles. The van der Waals surface area contributed by atoms with E-state index in [1.54, 1.807) is 6.07 Å². The number of anilines is 1. The summed E-state index contributed by atoms with van der Waals surface area (Å²) in [6.45, 7) is 1.99. The van der Waals surface area contributed by atoms with E-state index in [2.05, 4.69) is 4.18 Å². The van der Waals surface area contributed by atoms with Crippen molar-refractivity contribution in [1.82, 2.24) is 0 Å². The summed E-state index contributed by atoms with van der Waals surface area (Å²) in [5.74, 6) is -0.0384. The number of thioether (sulfide) groups is 1. The van der Waals surface area contributed by atoms with E-state index in [4.69, 9.17) is 9.44 Å². The van der Waals surface area contributed by atoms with E-state index in [0.29, 0.717) is 6.26 Å². The third-order valence-corrected chi connectivity index (χ3v) is 5.38. The number of nitriles is 1. The van der Waals surface area contributed by atoms with Gasteiger partial charge in [0.2, 0.25) is 11.8 Å². The fourth-order valence-electron chi connectivity index (χ4n) is 2.20. The molecule has 8 nitrogen and oxygen atoms in total. The van der Waals surface area contributed by atoms with Crippen molar-refractivity contribution in [2.24, 2.45) is 0 Å². The molecule has 2 amide bonds. The van der Waals surface area contributed by atoms with E-state index in [-0.39, 0.29) is 29.7 Å². The smallest absolute Gasteiger partial charge is 0.360 e. The fourth-order valence-corrected chi connectivity index (χ4v) is 3.80. The van der Waals surface area contributed by atoms with Crippen LogP contribution in [-0.4, -0.2) is 31.2 Å². The molecular weight excluding hydrogens is 380 g/mol. The number of hydrogen-bond donors (Lipinski definition) is 0. The van der Waals surface area contributed by atoms with Crippen molar-refractivity contribution in [3.05, 3.63) is 36.6 Å². The molecule has 1 heterocycles. The molecule has 1 aromatic rings. The lowest BCUT2D eigenvalue weighted by Crippen LogP contribution is -2.31. The number of rotatable bonds is 8. The Kier molecular flexibility index (Phi) is 6.65. The molecule has 0 aromatic heterocycles. The Balaban J connectivity index is 2.16. The summed E-state index contributed by atoms with van der Waals surface area (Å²) in [4.78, 5) is 25.7. The molecular formula is C16H16N2O6S2. The van der Waals surface area contributed by atoms with Crippen LogP contribution in [-0.2, 0) is 24.2 Å². The molecule has 1 saturated heterocycles. The highest BCUT2D eigenvalue weighted by atomic mass is 32.3. The number of allylic oxidation sites excluding steroid dienone is 1. The second-order valence-corrected chi connectivity index (χ2v) is 7.63. The second-order valence-electron chi connectivity index (χ2n) is 5.15. The lowest BCUT2D eigenvalue weighted by atomic mass is 10.3. The fraction of sp³-hybridized carbons (Fsp3) is 0.312. The van der Waals surface area contributed by atoms with Gasteiger partial charge in [-0.3, -0.25) is 9.59 Å². The molecule has 1 aliphatic heterocycles. The first kappa shape index (κ1) is 19.8. The normalized spacial score (nSPS) is 17.5. The first-order valence-electron chi connectivity index (χ1n) is 7.63. The summed E-state index contributed by atoms with van der Waals surface area (Å²) >= 11 is 1.43. The SMILES string of the molecule is CCCSC1CC(=O)N(c2cccc(OS(=O)(=O)O/C=C/C#N)c2)C1=O. The molecule has 0 radical (unpaired) electrons. The Morgan fingerprint density at radius 2 is 2.19 bits per heavy atom. The number of carbonyl (C=O) groups is 2. The van der Waals surface area contributed by atoms with Gasteiger partial charge >= 0.3 is 10.4 Å². The molecule has 26 heavy (non-hydrogen) atoms. The van der Waals surface area contributed by atoms with Crippen molar-refractivity contribution in [1.29, 1.82) is 5.26 Å². The van der Waals surface area contributed by atoms with E-state index in [1.165, 1.54) is 36.0 Å². The summed E-state index contributed by atoms with van der Waals surface area (Å²) in [6, 6.07) is 7.14. The van der Waals surface area contributed by atoms with Crippen LogP contribution in [0.5, 0.6) is 5.75 Å². The van der Waals surface area contributed by atoms with Gasteiger partial charge in [0.05, 0.1) is 23.1 Å². The maximum Gasteiger partial charge on any atom is 0.500 e. The minimum absolute atomic E-state index is 0.106. The zero-order valence-electron chi connectivity index (χ0n) is 13.8. The average Bonchev–Trinajstić information content (AvgIpc) is 2.86. The number of carbonyl (C=O) groups excluding carboxylic acids is 2. The molecule has 1 atom stereocenters. The van der Waals surface area contributed by atoms with Gasteiger partial charge in [0.1, 0.15) is 12.0 Å². The molecule has 0 spiro atoms. The topological polar surface area (TPSA) is 114 Å². The van der Waals surface area contributed by atoms with E-state index in [1.807, 2.05) is 6.92 Å². The van der Waals surface area contributed by atoms with Crippen molar-refractivity contribution in [3.8, 4) is 11.8 Å². The predicted octanol–water partition coefficient (Wildman–Crippen LogP) is 2.14. The molecule has 1 unspecified atom stereocenters. The molecule has 10 heteroatoms. The molecule has 138 valence electrons. The van der Waals surface area contributed by atoms with Crippen molar-refractivity contribution in [2.45, 2.75) is 25.0 Å². The van der Waals surface area contributed by atoms with Crippen LogP contribution in [0.3, 0.4) is 0 Å². The average molecular weight is 396 g/mol. The van der Waals surface area contributed by atoms with Crippen LogP contribution in [0.15, 0.2) is 36.6 Å². The van der Waals surface area contributed by atoms with Crippen LogP contribution in [0.2, 0.25) is 0 Å². The van der Waals surface area contributed by atoms with Crippen molar-refractivity contribution in [3.63, 3.8) is 0 Å². The minimum Gasteiger partial charge on any atom is -0.360 e. The van der Waals surface area contributed by atoms with E-state index in [0.717, 1.165) is 23.1 Å². The van der Waals surface area contributed by atoms with Crippen LogP contribution in [0.25, 0.3) is 0 Å². The zero-order valence-corrected chi connectivity index (χ0v) is 15.5. The minimum atomic E-state index is -4.43. The summed E-state index contributed by atoms with van der Waals surface area (Å²) in [7, 11) is -4.43. The lowest BCUT2D eigenvalue weighted by molar-refractivity contribution is -0.121. The largest absolute Gasteiger partial charge is 0.500 e. The first-order valence-corrected chi connectivity index (χ1v) is 10.0. The summed E-state index contributed by atoms with van der Waals surface area (Å²) in [6.07, 6.45) is 2.49. The first-order chi connectivity index (χ1) is 12.4. The van der Waals surface area contributed by atoms with E-state index in [9.17, 15) is 18.0 Å². The molecule has 0 bridgehead atoms. The Bertz CT molecular complexity index is 860. The Hall–Kier alpha value is -2.51. The maximum absolute atomic E-state index is 12.5. The summed E-state index contributed by atoms with van der Waals surface area (Å²) in [5.41, 5.74) is 0.222. The van der Waals surface area contributed by atoms with Gasteiger partial charge in [-0.1, -0.05) is 13.0 Å². The third-order valence-electron chi connectivity index (χ3n) is 3.22. The highest BCUT2D eigenvalue weighted by molar-refractivity contribution is 8.00. The van der Waals surface area contributed by atoms with Crippen LogP contribution < -0.4 is 9.08 Å². The van der Waals surface area contributed by atoms with Gasteiger partial charge in [-0.25, -0.2) is 4.90 Å². The number of benzene rings is 1. The van der Waals surface area contributed by atoms with Gasteiger partial charge in [0, 0.05) is 12.5 Å². The number of hydrogen-bond acceptors (Lipinski definition) is 8. The molecule has 1 aliphatic rings. The van der Waals surface area contributed by atoms with Crippen LogP contribution in [0.4, 0.5) is 5.69 Å². The lowest BCUT2D eigenvalue weighted by Gasteiger charge is -2.15. The molecule has 0 N–H and O–H groups in total. The molecule has 0 aliphatic carbocycles. The van der Waals surface area contributed by atoms with Gasteiger partial charge in [-0.05, 0) is 24.3 Å². The maximum atomic E-state index is 12.5. The quantitative estimate of drug-likeness (QED) is 0.373. The van der Waals surface area contributed by atoms with Crippen molar-refractivity contribution < 1.29 is 26.4 Å². The van der Waals surface area contributed by atoms with E-state index < -0.39 is 15.6 Å². The molecule has 1 fully saturated rings. The van der Waals surface area contributed by atoms with Gasteiger partial charge in [0.25, 0.3) is 0 Å². The van der Waals surface area contributed by atoms with Gasteiger partial charge in [0.15, 0.2) is 0 Å². The van der Waals surface area contributed by atoms with Gasteiger partial charge < -0.3 is 8.37 Å². The number of amides is 2. The predicted molar refractivity (Wildman–Crippen MR) is 95.5 cm³/mol. The zero-order chi connectivity index (χ0) is 19.2. The van der Waals surface area contributed by atoms with Gasteiger partial charge in [-0.15, -0.1) is 20.2 Å². The van der Waals surface area contributed by atoms with E-state index >= 15 is 0 Å². The van der Waals surface area contributed by atoms with Crippen LogP contribution in [0, 0.1) is 11.3 Å². The van der Waals surface area contributed by atoms with Crippen molar-refractivity contribution in [2.75, 3.05) is 10.7 Å². The monoisotopic (exact) mass is 396 g/mol. The van der Waals surface area contributed by atoms with Crippen molar-refractivity contribution >= 4 is 39.7 Å². The summed E-state index contributed by atoms with van der Waals surface area (Å²) < 4.78 is 32.4. The Labute approximate surface area is 155 Å². The molecule has 0 saturated carbocycles. The van der Waals surface area contributed by atoms with Crippen LogP contribution >= 0.6 is 11.8 Å².